The van der Waals surface area contributed by atoms with Gasteiger partial charge in [-0.25, -0.2) is 0 Å². The van der Waals surface area contributed by atoms with Gasteiger partial charge in [-0.05, 0) is 43.7 Å². The lowest BCUT2D eigenvalue weighted by molar-refractivity contribution is 0.414. The second kappa shape index (κ2) is 6.75. The summed E-state index contributed by atoms with van der Waals surface area (Å²) < 4.78 is 5.12. The Morgan fingerprint density at radius 2 is 2.00 bits per heavy atom. The van der Waals surface area contributed by atoms with Crippen molar-refractivity contribution in [2.75, 3.05) is 13.7 Å². The van der Waals surface area contributed by atoms with Crippen molar-refractivity contribution in [3.8, 4) is 5.75 Å². The fourth-order valence-electron chi connectivity index (χ4n) is 1.38. The second-order valence-corrected chi connectivity index (χ2v) is 4.77. The van der Waals surface area contributed by atoms with Crippen LogP contribution >= 0.6 is 11.8 Å². The van der Waals surface area contributed by atoms with E-state index in [0.29, 0.717) is 5.25 Å². The van der Waals surface area contributed by atoms with Crippen LogP contribution in [0.15, 0.2) is 29.2 Å². The molecule has 0 aliphatic heterocycles. The molecule has 0 aromatic heterocycles. The minimum Gasteiger partial charge on any atom is -0.497 e. The van der Waals surface area contributed by atoms with Gasteiger partial charge < -0.3 is 10.5 Å². The summed E-state index contributed by atoms with van der Waals surface area (Å²) in [7, 11) is 1.69. The van der Waals surface area contributed by atoms with Crippen LogP contribution in [0.1, 0.15) is 19.8 Å². The van der Waals surface area contributed by atoms with E-state index >= 15 is 0 Å². The second-order valence-electron chi connectivity index (χ2n) is 3.40. The number of thioether (sulfide) groups is 1. The first-order valence-electron chi connectivity index (χ1n) is 5.31. The number of hydrogen-bond donors (Lipinski definition) is 1. The highest BCUT2D eigenvalue weighted by molar-refractivity contribution is 8.00. The van der Waals surface area contributed by atoms with Crippen molar-refractivity contribution in [1.29, 1.82) is 0 Å². The Hall–Kier alpha value is -0.670. The van der Waals surface area contributed by atoms with Crippen LogP contribution < -0.4 is 10.5 Å². The van der Waals surface area contributed by atoms with Crippen LogP contribution in [0.2, 0.25) is 0 Å². The summed E-state index contributed by atoms with van der Waals surface area (Å²) in [5.74, 6) is 0.909. The lowest BCUT2D eigenvalue weighted by Crippen LogP contribution is -2.09. The Bertz CT molecular complexity index is 273. The van der Waals surface area contributed by atoms with Crippen molar-refractivity contribution in [2.45, 2.75) is 29.9 Å². The summed E-state index contributed by atoms with van der Waals surface area (Å²) in [4.78, 5) is 1.29. The average Bonchev–Trinajstić information content (AvgIpc) is 2.29. The zero-order valence-electron chi connectivity index (χ0n) is 9.40. The van der Waals surface area contributed by atoms with Gasteiger partial charge in [0.15, 0.2) is 0 Å². The summed E-state index contributed by atoms with van der Waals surface area (Å²) in [6, 6.07) is 8.19. The Balaban J connectivity index is 2.55. The maximum Gasteiger partial charge on any atom is 0.118 e. The van der Waals surface area contributed by atoms with Gasteiger partial charge in [-0.3, -0.25) is 0 Å². The average molecular weight is 225 g/mol. The Morgan fingerprint density at radius 1 is 1.33 bits per heavy atom. The van der Waals surface area contributed by atoms with Crippen LogP contribution in [-0.2, 0) is 0 Å². The molecule has 1 aromatic carbocycles. The maximum absolute atomic E-state index is 5.57. The molecule has 1 rings (SSSR count). The predicted molar refractivity (Wildman–Crippen MR) is 66.6 cm³/mol. The Kier molecular flexibility index (Phi) is 5.58. The van der Waals surface area contributed by atoms with Gasteiger partial charge in [-0.2, -0.15) is 0 Å². The first-order valence-corrected chi connectivity index (χ1v) is 6.19. The van der Waals surface area contributed by atoms with Gasteiger partial charge in [0, 0.05) is 10.1 Å². The molecule has 0 fully saturated rings. The molecule has 3 heteroatoms. The molecule has 1 unspecified atom stereocenters. The van der Waals surface area contributed by atoms with Crippen LogP contribution in [0, 0.1) is 0 Å². The van der Waals surface area contributed by atoms with E-state index in [4.69, 9.17) is 10.5 Å². The SMILES string of the molecule is CCC(CCN)Sc1ccc(OC)cc1. The summed E-state index contributed by atoms with van der Waals surface area (Å²) in [6.07, 6.45) is 2.24. The van der Waals surface area contributed by atoms with Gasteiger partial charge in [-0.1, -0.05) is 6.92 Å². The number of nitrogens with two attached hydrogens (primary N) is 1. The van der Waals surface area contributed by atoms with Gasteiger partial charge in [0.25, 0.3) is 0 Å². The maximum atomic E-state index is 5.57. The van der Waals surface area contributed by atoms with Crippen LogP contribution in [0.4, 0.5) is 0 Å². The summed E-state index contributed by atoms with van der Waals surface area (Å²) in [5, 5.41) is 0.628. The zero-order chi connectivity index (χ0) is 11.1. The summed E-state index contributed by atoms with van der Waals surface area (Å²) in [6.45, 7) is 2.97. The van der Waals surface area contributed by atoms with Crippen molar-refractivity contribution in [3.05, 3.63) is 24.3 Å². The molecule has 0 saturated carbocycles. The molecule has 0 bridgehead atoms. The molecule has 1 aromatic rings. The van der Waals surface area contributed by atoms with E-state index in [-0.39, 0.29) is 0 Å². The van der Waals surface area contributed by atoms with E-state index in [0.717, 1.165) is 25.1 Å². The molecule has 0 spiro atoms. The monoisotopic (exact) mass is 225 g/mol. The molecule has 2 N–H and O–H groups in total. The normalized spacial score (nSPS) is 12.5. The molecular weight excluding hydrogens is 206 g/mol. The molecule has 84 valence electrons. The molecular formula is C12H19NOS. The number of benzene rings is 1. The van der Waals surface area contributed by atoms with Crippen molar-refractivity contribution >= 4 is 11.8 Å². The Morgan fingerprint density at radius 3 is 2.47 bits per heavy atom. The predicted octanol–water partition coefficient (Wildman–Crippen LogP) is 2.91. The highest BCUT2D eigenvalue weighted by Crippen LogP contribution is 2.28. The molecule has 0 radical (unpaired) electrons. The number of hydrogen-bond acceptors (Lipinski definition) is 3. The third-order valence-corrected chi connectivity index (χ3v) is 3.75. The standard InChI is InChI=1S/C12H19NOS/c1-3-11(8-9-13)15-12-6-4-10(14-2)5-7-12/h4-7,11H,3,8-9,13H2,1-2H3. The first kappa shape index (κ1) is 12.4. The van der Waals surface area contributed by atoms with Crippen LogP contribution in [0.25, 0.3) is 0 Å². The molecule has 0 heterocycles. The van der Waals surface area contributed by atoms with E-state index in [9.17, 15) is 0 Å². The highest BCUT2D eigenvalue weighted by atomic mass is 32.2. The molecule has 2 nitrogen and oxygen atoms in total. The molecule has 0 saturated heterocycles. The number of methoxy groups -OCH3 is 1. The van der Waals surface area contributed by atoms with Gasteiger partial charge in [0.05, 0.1) is 7.11 Å². The van der Waals surface area contributed by atoms with E-state index in [2.05, 4.69) is 19.1 Å². The van der Waals surface area contributed by atoms with Crippen molar-refractivity contribution in [2.24, 2.45) is 5.73 Å². The fraction of sp³-hybridized carbons (Fsp3) is 0.500. The molecule has 1 atom stereocenters. The summed E-state index contributed by atoms with van der Waals surface area (Å²) in [5.41, 5.74) is 5.57. The van der Waals surface area contributed by atoms with E-state index < -0.39 is 0 Å². The summed E-state index contributed by atoms with van der Waals surface area (Å²) >= 11 is 1.90. The van der Waals surface area contributed by atoms with Crippen molar-refractivity contribution < 1.29 is 4.74 Å². The van der Waals surface area contributed by atoms with Crippen LogP contribution in [0.3, 0.4) is 0 Å². The van der Waals surface area contributed by atoms with E-state index in [1.54, 1.807) is 7.11 Å². The van der Waals surface area contributed by atoms with E-state index in [1.807, 2.05) is 23.9 Å². The van der Waals surface area contributed by atoms with Gasteiger partial charge in [-0.15, -0.1) is 11.8 Å². The van der Waals surface area contributed by atoms with Gasteiger partial charge >= 0.3 is 0 Å². The molecule has 0 amide bonds. The van der Waals surface area contributed by atoms with Crippen LogP contribution in [-0.4, -0.2) is 18.9 Å². The van der Waals surface area contributed by atoms with Gasteiger partial charge in [0.2, 0.25) is 0 Å². The topological polar surface area (TPSA) is 35.2 Å². The van der Waals surface area contributed by atoms with E-state index in [1.165, 1.54) is 4.90 Å². The molecule has 0 aliphatic carbocycles. The minimum absolute atomic E-state index is 0.628. The minimum atomic E-state index is 0.628. The third-order valence-electron chi connectivity index (χ3n) is 2.31. The fourth-order valence-corrected chi connectivity index (χ4v) is 2.48. The lowest BCUT2D eigenvalue weighted by Gasteiger charge is -2.13. The highest BCUT2D eigenvalue weighted by Gasteiger charge is 2.06. The Labute approximate surface area is 96.2 Å². The first-order chi connectivity index (χ1) is 7.30. The zero-order valence-corrected chi connectivity index (χ0v) is 10.2. The van der Waals surface area contributed by atoms with Crippen molar-refractivity contribution in [3.63, 3.8) is 0 Å². The molecule has 15 heavy (non-hydrogen) atoms. The third kappa shape index (κ3) is 4.14. The van der Waals surface area contributed by atoms with Crippen molar-refractivity contribution in [1.82, 2.24) is 0 Å². The molecule has 0 aliphatic rings. The largest absolute Gasteiger partial charge is 0.497 e. The van der Waals surface area contributed by atoms with Gasteiger partial charge in [0.1, 0.15) is 5.75 Å². The number of rotatable bonds is 6. The lowest BCUT2D eigenvalue weighted by atomic mass is 10.2. The smallest absolute Gasteiger partial charge is 0.118 e. The van der Waals surface area contributed by atoms with Crippen LogP contribution in [0.5, 0.6) is 5.75 Å². The number of ether oxygens (including phenoxy) is 1. The quantitative estimate of drug-likeness (QED) is 0.756.